The number of aryl methyl sites for hydroxylation is 1. The van der Waals surface area contributed by atoms with Crippen LogP contribution < -0.4 is 5.32 Å². The van der Waals surface area contributed by atoms with Crippen LogP contribution in [0.1, 0.15) is 36.7 Å². The third-order valence-corrected chi connectivity index (χ3v) is 2.28. The van der Waals surface area contributed by atoms with Crippen LogP contribution in [0.15, 0.2) is 18.2 Å². The van der Waals surface area contributed by atoms with Crippen molar-refractivity contribution in [1.29, 1.82) is 0 Å². The molecule has 1 N–H and O–H groups in total. The van der Waals surface area contributed by atoms with E-state index in [0.29, 0.717) is 5.56 Å². The third kappa shape index (κ3) is 3.74. The van der Waals surface area contributed by atoms with Crippen LogP contribution in [-0.4, -0.2) is 17.9 Å². The van der Waals surface area contributed by atoms with E-state index in [2.05, 4.69) is 5.32 Å². The molecule has 0 fully saturated rings. The minimum absolute atomic E-state index is 0.0769. The van der Waals surface area contributed by atoms with E-state index in [9.17, 15) is 9.18 Å². The van der Waals surface area contributed by atoms with Gasteiger partial charge in [-0.2, -0.15) is 0 Å². The van der Waals surface area contributed by atoms with Crippen LogP contribution >= 0.6 is 0 Å². The zero-order valence-electron chi connectivity index (χ0n) is 10.2. The number of benzene rings is 1. The molecule has 0 aromatic heterocycles. The van der Waals surface area contributed by atoms with Crippen molar-refractivity contribution in [1.82, 2.24) is 5.32 Å². The topological polar surface area (TPSA) is 29.1 Å². The fraction of sp³-hybridized carbons (Fsp3) is 0.462. The SMILES string of the molecule is Cc1ccc(F)cc1C(=O)CNC(C)(C)C. The molecule has 0 saturated carbocycles. The van der Waals surface area contributed by atoms with Gasteiger partial charge in [-0.05, 0) is 45.4 Å². The Bertz CT molecular complexity index is 393. The number of Topliss-reactive ketones (excluding diaryl/α,β-unsaturated/α-hetero) is 1. The van der Waals surface area contributed by atoms with Crippen LogP contribution in [0.3, 0.4) is 0 Å². The van der Waals surface area contributed by atoms with E-state index in [1.54, 1.807) is 6.07 Å². The lowest BCUT2D eigenvalue weighted by atomic mass is 10.0. The normalized spacial score (nSPS) is 11.6. The Balaban J connectivity index is 2.77. The monoisotopic (exact) mass is 223 g/mol. The summed E-state index contributed by atoms with van der Waals surface area (Å²) in [7, 11) is 0. The van der Waals surface area contributed by atoms with Gasteiger partial charge in [-0.25, -0.2) is 4.39 Å². The van der Waals surface area contributed by atoms with Crippen LogP contribution in [-0.2, 0) is 0 Å². The number of carbonyl (C=O) groups excluding carboxylic acids is 1. The first-order chi connectivity index (χ1) is 7.29. The van der Waals surface area contributed by atoms with Gasteiger partial charge in [-0.15, -0.1) is 0 Å². The lowest BCUT2D eigenvalue weighted by molar-refractivity contribution is 0.0981. The highest BCUT2D eigenvalue weighted by molar-refractivity contribution is 5.98. The number of carbonyl (C=O) groups is 1. The van der Waals surface area contributed by atoms with E-state index in [4.69, 9.17) is 0 Å². The van der Waals surface area contributed by atoms with Crippen molar-refractivity contribution in [3.63, 3.8) is 0 Å². The maximum absolute atomic E-state index is 13.0. The minimum Gasteiger partial charge on any atom is -0.305 e. The van der Waals surface area contributed by atoms with E-state index in [-0.39, 0.29) is 23.7 Å². The van der Waals surface area contributed by atoms with Crippen LogP contribution in [0.4, 0.5) is 4.39 Å². The van der Waals surface area contributed by atoms with Gasteiger partial charge >= 0.3 is 0 Å². The Morgan fingerprint density at radius 1 is 1.38 bits per heavy atom. The minimum atomic E-state index is -0.371. The first-order valence-electron chi connectivity index (χ1n) is 5.34. The van der Waals surface area contributed by atoms with Gasteiger partial charge in [0.1, 0.15) is 5.82 Å². The van der Waals surface area contributed by atoms with E-state index in [1.165, 1.54) is 12.1 Å². The lowest BCUT2D eigenvalue weighted by Gasteiger charge is -2.20. The summed E-state index contributed by atoms with van der Waals surface area (Å²) >= 11 is 0. The van der Waals surface area contributed by atoms with Crippen molar-refractivity contribution >= 4 is 5.78 Å². The molecule has 0 saturated heterocycles. The molecule has 0 radical (unpaired) electrons. The summed E-state index contributed by atoms with van der Waals surface area (Å²) in [5.41, 5.74) is 1.15. The number of rotatable bonds is 3. The molecule has 2 nitrogen and oxygen atoms in total. The van der Waals surface area contributed by atoms with Crippen molar-refractivity contribution < 1.29 is 9.18 Å². The predicted octanol–water partition coefficient (Wildman–Crippen LogP) is 2.70. The van der Waals surface area contributed by atoms with Crippen molar-refractivity contribution in [3.05, 3.63) is 35.1 Å². The van der Waals surface area contributed by atoms with Crippen LogP contribution in [0.2, 0.25) is 0 Å². The Morgan fingerprint density at radius 3 is 2.56 bits per heavy atom. The van der Waals surface area contributed by atoms with Crippen molar-refractivity contribution in [2.75, 3.05) is 6.54 Å². The molecule has 0 unspecified atom stereocenters. The fourth-order valence-electron chi connectivity index (χ4n) is 1.34. The van der Waals surface area contributed by atoms with Crippen LogP contribution in [0, 0.1) is 12.7 Å². The average molecular weight is 223 g/mol. The Labute approximate surface area is 95.9 Å². The molecule has 0 aliphatic heterocycles. The molecule has 1 rings (SSSR count). The summed E-state index contributed by atoms with van der Waals surface area (Å²) in [5, 5.41) is 3.09. The van der Waals surface area contributed by atoms with Gasteiger partial charge in [0, 0.05) is 11.1 Å². The molecule has 0 spiro atoms. The first kappa shape index (κ1) is 12.8. The molecule has 0 amide bonds. The number of hydrogen-bond donors (Lipinski definition) is 1. The second-order valence-electron chi connectivity index (χ2n) is 4.99. The number of hydrogen-bond acceptors (Lipinski definition) is 2. The van der Waals surface area contributed by atoms with Crippen LogP contribution in [0.25, 0.3) is 0 Å². The molecule has 16 heavy (non-hydrogen) atoms. The molecule has 0 heterocycles. The van der Waals surface area contributed by atoms with Gasteiger partial charge in [-0.1, -0.05) is 6.07 Å². The van der Waals surface area contributed by atoms with Crippen molar-refractivity contribution in [2.24, 2.45) is 0 Å². The highest BCUT2D eigenvalue weighted by Crippen LogP contribution is 2.11. The van der Waals surface area contributed by atoms with Gasteiger partial charge in [0.25, 0.3) is 0 Å². The fourth-order valence-corrected chi connectivity index (χ4v) is 1.34. The number of halogens is 1. The molecule has 3 heteroatoms. The molecular formula is C13H18FNO. The second-order valence-corrected chi connectivity index (χ2v) is 4.99. The molecule has 1 aromatic carbocycles. The maximum atomic E-state index is 13.0. The summed E-state index contributed by atoms with van der Waals surface area (Å²) in [5.74, 6) is -0.448. The van der Waals surface area contributed by atoms with E-state index in [0.717, 1.165) is 5.56 Å². The summed E-state index contributed by atoms with van der Waals surface area (Å²) in [6.07, 6.45) is 0. The molecule has 0 atom stereocenters. The molecule has 0 aliphatic rings. The molecule has 1 aromatic rings. The standard InChI is InChI=1S/C13H18FNO/c1-9-5-6-10(14)7-11(9)12(16)8-15-13(2,3)4/h5-7,15H,8H2,1-4H3. The smallest absolute Gasteiger partial charge is 0.176 e. The molecule has 88 valence electrons. The molecule has 0 aliphatic carbocycles. The van der Waals surface area contributed by atoms with E-state index >= 15 is 0 Å². The molecule has 0 bridgehead atoms. The highest BCUT2D eigenvalue weighted by atomic mass is 19.1. The third-order valence-electron chi connectivity index (χ3n) is 2.28. The lowest BCUT2D eigenvalue weighted by Crippen LogP contribution is -2.39. The summed E-state index contributed by atoms with van der Waals surface area (Å²) < 4.78 is 13.0. The van der Waals surface area contributed by atoms with Crippen molar-refractivity contribution in [3.8, 4) is 0 Å². The summed E-state index contributed by atoms with van der Waals surface area (Å²) in [4.78, 5) is 11.8. The van der Waals surface area contributed by atoms with Gasteiger partial charge in [-0.3, -0.25) is 4.79 Å². The van der Waals surface area contributed by atoms with Crippen molar-refractivity contribution in [2.45, 2.75) is 33.2 Å². The number of ketones is 1. The van der Waals surface area contributed by atoms with Gasteiger partial charge in [0.05, 0.1) is 6.54 Å². The van der Waals surface area contributed by atoms with Gasteiger partial charge in [0.2, 0.25) is 0 Å². The summed E-state index contributed by atoms with van der Waals surface area (Å²) in [6.45, 7) is 7.99. The second kappa shape index (κ2) is 4.74. The highest BCUT2D eigenvalue weighted by Gasteiger charge is 2.14. The zero-order valence-corrected chi connectivity index (χ0v) is 10.2. The Hall–Kier alpha value is -1.22. The average Bonchev–Trinajstić information content (AvgIpc) is 2.17. The van der Waals surface area contributed by atoms with E-state index < -0.39 is 0 Å². The van der Waals surface area contributed by atoms with Crippen LogP contribution in [0.5, 0.6) is 0 Å². The maximum Gasteiger partial charge on any atom is 0.176 e. The predicted molar refractivity (Wildman–Crippen MR) is 63.2 cm³/mol. The molecular weight excluding hydrogens is 205 g/mol. The Kier molecular flexibility index (Phi) is 3.81. The van der Waals surface area contributed by atoms with Gasteiger partial charge in [0.15, 0.2) is 5.78 Å². The van der Waals surface area contributed by atoms with E-state index in [1.807, 2.05) is 27.7 Å². The Morgan fingerprint density at radius 2 is 2.00 bits per heavy atom. The summed E-state index contributed by atoms with van der Waals surface area (Å²) in [6, 6.07) is 4.28. The number of nitrogens with one attached hydrogen (secondary N) is 1. The quantitative estimate of drug-likeness (QED) is 0.798. The first-order valence-corrected chi connectivity index (χ1v) is 5.34. The largest absolute Gasteiger partial charge is 0.305 e. The zero-order chi connectivity index (χ0) is 12.3. The van der Waals surface area contributed by atoms with Gasteiger partial charge < -0.3 is 5.32 Å².